The first-order chi connectivity index (χ1) is 5.88. The maximum absolute atomic E-state index is 8.24. The normalized spacial score (nSPS) is 7.54. The van der Waals surface area contributed by atoms with E-state index in [1.807, 2.05) is 42.3 Å². The van der Waals surface area contributed by atoms with E-state index < -0.39 is 0 Å². The number of nitrogens with zero attached hydrogens (tertiary/aromatic N) is 4. The Bertz CT molecular complexity index is 188. The summed E-state index contributed by atoms with van der Waals surface area (Å²) in [6.45, 7) is 0. The molecule has 5 nitrogen and oxygen atoms in total. The summed E-state index contributed by atoms with van der Waals surface area (Å²) in [6.07, 6.45) is 0.500. The van der Waals surface area contributed by atoms with Crippen molar-refractivity contribution >= 4 is 12.0 Å². The Labute approximate surface area is 79.8 Å². The minimum atomic E-state index is 0.500. The van der Waals surface area contributed by atoms with Crippen LogP contribution in [0.5, 0.6) is 0 Å². The van der Waals surface area contributed by atoms with Gasteiger partial charge in [0.2, 0.25) is 0 Å². The average Bonchev–Trinajstić information content (AvgIpc) is 1.84. The molecule has 0 fully saturated rings. The molecular weight excluding hydrogens is 168 g/mol. The first kappa shape index (κ1) is 14.2. The summed E-state index contributed by atoms with van der Waals surface area (Å²) in [7, 11) is 12.2. The van der Waals surface area contributed by atoms with Gasteiger partial charge in [0.15, 0.2) is 0 Å². The summed E-state index contributed by atoms with van der Waals surface area (Å²) in [6, 6.07) is 0. The van der Waals surface area contributed by atoms with Crippen molar-refractivity contribution < 1.29 is 9.37 Å². The molecule has 0 heterocycles. The lowest BCUT2D eigenvalue weighted by molar-refractivity contribution is -0.475. The molecular formula is C8H18N4O. The molecule has 13 heavy (non-hydrogen) atoms. The second kappa shape index (κ2) is 7.31. The predicted octanol–water partition coefficient (Wildman–Crippen LogP) is -0.371. The van der Waals surface area contributed by atoms with E-state index in [0.717, 1.165) is 0 Å². The van der Waals surface area contributed by atoms with Gasteiger partial charge in [0.25, 0.3) is 0 Å². The second-order valence-corrected chi connectivity index (χ2v) is 3.07. The molecule has 76 valence electrons. The molecule has 0 rings (SSSR count). The number of rotatable bonds is 0. The fourth-order valence-electron chi connectivity index (χ4n) is 1.20. The van der Waals surface area contributed by atoms with Crippen LogP contribution in [-0.4, -0.2) is 68.7 Å². The first-order valence-electron chi connectivity index (χ1n) is 3.78. The highest BCUT2D eigenvalue weighted by atomic mass is 16.1. The third-order valence-electron chi connectivity index (χ3n) is 1.20. The Morgan fingerprint density at radius 2 is 1.38 bits per heavy atom. The minimum Gasteiger partial charge on any atom is -0.724 e. The largest absolute Gasteiger partial charge is 0.724 e. The van der Waals surface area contributed by atoms with Gasteiger partial charge in [0, 0.05) is 0 Å². The predicted molar refractivity (Wildman–Crippen MR) is 53.5 cm³/mol. The van der Waals surface area contributed by atoms with E-state index >= 15 is 0 Å². The molecule has 0 N–H and O–H groups in total. The van der Waals surface area contributed by atoms with Gasteiger partial charge in [-0.25, -0.2) is 0 Å². The molecule has 0 saturated heterocycles. The van der Waals surface area contributed by atoms with Crippen molar-refractivity contribution in [3.8, 4) is 0 Å². The summed E-state index contributed by atoms with van der Waals surface area (Å²) >= 11 is 0. The Kier molecular flexibility index (Phi) is 7.98. The van der Waals surface area contributed by atoms with Gasteiger partial charge in [-0.3, -0.25) is 19.2 Å². The van der Waals surface area contributed by atoms with Gasteiger partial charge in [-0.2, -0.15) is 0 Å². The summed E-state index contributed by atoms with van der Waals surface area (Å²) in [5, 5.41) is 6.76. The van der Waals surface area contributed by atoms with Crippen molar-refractivity contribution in [1.82, 2.24) is 9.80 Å². The molecule has 0 amide bonds. The lowest BCUT2D eigenvalue weighted by Gasteiger charge is -2.16. The Hall–Kier alpha value is -1.35. The molecule has 0 saturated carbocycles. The molecule has 5 heteroatoms. The average molecular weight is 186 g/mol. The summed E-state index contributed by atoms with van der Waals surface area (Å²) in [5.74, 6) is 1.19. The number of hydrogen-bond acceptors (Lipinski definition) is 1. The van der Waals surface area contributed by atoms with E-state index in [0.29, 0.717) is 6.08 Å². The van der Waals surface area contributed by atoms with Crippen molar-refractivity contribution in [3.05, 3.63) is 5.41 Å². The van der Waals surface area contributed by atoms with E-state index in [4.69, 9.17) is 10.2 Å². The molecule has 0 aromatic heterocycles. The summed E-state index contributed by atoms with van der Waals surface area (Å²) < 4.78 is 2.08. The lowest BCUT2D eigenvalue weighted by atomic mass is 10.7. The summed E-state index contributed by atoms with van der Waals surface area (Å²) in [5.41, 5.74) is 0. The molecule has 0 aliphatic rings. The minimum absolute atomic E-state index is 0.500. The van der Waals surface area contributed by atoms with Crippen molar-refractivity contribution in [2.75, 3.05) is 42.3 Å². The van der Waals surface area contributed by atoms with Gasteiger partial charge in [-0.1, -0.05) is 0 Å². The van der Waals surface area contributed by atoms with Gasteiger partial charge in [-0.05, 0) is 6.08 Å². The van der Waals surface area contributed by atoms with E-state index in [-0.39, 0.29) is 0 Å². The fourth-order valence-corrected chi connectivity index (χ4v) is 1.20. The second-order valence-electron chi connectivity index (χ2n) is 3.07. The van der Waals surface area contributed by atoms with Crippen LogP contribution in [0.2, 0.25) is 0 Å². The topological polar surface area (TPSA) is 48.9 Å². The quantitative estimate of drug-likeness (QED) is 0.224. The van der Waals surface area contributed by atoms with Crippen LogP contribution in [0.1, 0.15) is 0 Å². The summed E-state index contributed by atoms with van der Waals surface area (Å²) in [4.78, 5) is 12.4. The highest BCUT2D eigenvalue weighted by Crippen LogP contribution is 1.84. The van der Waals surface area contributed by atoms with Gasteiger partial charge >= 0.3 is 5.96 Å². The molecule has 0 atom stereocenters. The van der Waals surface area contributed by atoms with Crippen LogP contribution in [-0.2, 0) is 4.79 Å². The van der Waals surface area contributed by atoms with Crippen LogP contribution in [0.3, 0.4) is 0 Å². The van der Waals surface area contributed by atoms with Gasteiger partial charge in [-0.15, -0.1) is 0 Å². The van der Waals surface area contributed by atoms with Gasteiger partial charge < -0.3 is 5.41 Å². The molecule has 0 bridgehead atoms. The molecule has 0 unspecified atom stereocenters. The highest BCUT2D eigenvalue weighted by molar-refractivity contribution is 5.73. The van der Waals surface area contributed by atoms with Gasteiger partial charge in [0.1, 0.15) is 0 Å². The molecule has 0 aromatic rings. The van der Waals surface area contributed by atoms with Crippen LogP contribution in [0.15, 0.2) is 0 Å². The van der Waals surface area contributed by atoms with Crippen LogP contribution in [0.25, 0.3) is 5.41 Å². The SMILES string of the molecule is CN(C)C(N(C)C)=[N+](C)C.[N-]=C=O. The first-order valence-corrected chi connectivity index (χ1v) is 3.78. The zero-order valence-electron chi connectivity index (χ0n) is 9.20. The Morgan fingerprint density at radius 3 is 1.38 bits per heavy atom. The van der Waals surface area contributed by atoms with Crippen molar-refractivity contribution in [1.29, 1.82) is 0 Å². The van der Waals surface area contributed by atoms with E-state index in [1.165, 1.54) is 5.96 Å². The molecule has 0 spiro atoms. The fraction of sp³-hybridized carbons (Fsp3) is 0.750. The maximum Gasteiger partial charge on any atom is 0.349 e. The highest BCUT2D eigenvalue weighted by Gasteiger charge is 2.12. The van der Waals surface area contributed by atoms with Crippen LogP contribution in [0, 0.1) is 0 Å². The molecule has 0 aliphatic carbocycles. The molecule has 0 aliphatic heterocycles. The standard InChI is InChI=1S/C7H18N3.CNO/c1-8(2)7(9(3)4)10(5)6;2-1-3/h1-6H3;/q+1;-1. The van der Waals surface area contributed by atoms with Crippen molar-refractivity contribution in [2.24, 2.45) is 0 Å². The maximum atomic E-state index is 8.24. The number of guanidine groups is 1. The third-order valence-corrected chi connectivity index (χ3v) is 1.20. The van der Waals surface area contributed by atoms with Crippen LogP contribution < -0.4 is 0 Å². The zero-order chi connectivity index (χ0) is 11.0. The van der Waals surface area contributed by atoms with Crippen molar-refractivity contribution in [2.45, 2.75) is 0 Å². The lowest BCUT2D eigenvalue weighted by Crippen LogP contribution is -2.40. The van der Waals surface area contributed by atoms with E-state index in [2.05, 4.69) is 14.4 Å². The van der Waals surface area contributed by atoms with Crippen LogP contribution in [0.4, 0.5) is 0 Å². The number of isocyanates is 1. The van der Waals surface area contributed by atoms with E-state index in [1.54, 1.807) is 0 Å². The van der Waals surface area contributed by atoms with Gasteiger partial charge in [0.05, 0.1) is 42.3 Å². The molecule has 0 aromatic carbocycles. The number of hydrogen-bond donors (Lipinski definition) is 0. The van der Waals surface area contributed by atoms with E-state index in [9.17, 15) is 0 Å². The van der Waals surface area contributed by atoms with Crippen molar-refractivity contribution in [3.63, 3.8) is 0 Å². The Balaban J connectivity index is 0. The Morgan fingerprint density at radius 1 is 1.15 bits per heavy atom. The molecule has 0 radical (unpaired) electrons. The third kappa shape index (κ3) is 7.03. The smallest absolute Gasteiger partial charge is 0.349 e. The zero-order valence-corrected chi connectivity index (χ0v) is 9.20. The number of carbonyl (C=O) groups excluding carboxylic acids is 1. The monoisotopic (exact) mass is 186 g/mol. The van der Waals surface area contributed by atoms with Crippen LogP contribution >= 0.6 is 0 Å².